The van der Waals surface area contributed by atoms with Crippen molar-refractivity contribution in [3.8, 4) is 0 Å². The van der Waals surface area contributed by atoms with Gasteiger partial charge in [-0.05, 0) is 26.7 Å². The molecule has 17 heavy (non-hydrogen) atoms. The number of unbranched alkanes of at least 4 members (excludes halogenated alkanes) is 1. The summed E-state index contributed by atoms with van der Waals surface area (Å²) in [4.78, 5) is 0. The zero-order valence-electron chi connectivity index (χ0n) is 11.4. The van der Waals surface area contributed by atoms with E-state index >= 15 is 0 Å². The quantitative estimate of drug-likeness (QED) is 0.697. The second kappa shape index (κ2) is 7.14. The first-order valence-electron chi connectivity index (χ1n) is 6.65. The lowest BCUT2D eigenvalue weighted by Crippen LogP contribution is -2.13. The Kier molecular flexibility index (Phi) is 6.17. The molecule has 1 unspecified atom stereocenters. The predicted octanol–water partition coefficient (Wildman–Crippen LogP) is 4.44. The van der Waals surface area contributed by atoms with Crippen LogP contribution in [-0.2, 0) is 5.33 Å². The van der Waals surface area contributed by atoms with Gasteiger partial charge in [0, 0.05) is 12.0 Å². The summed E-state index contributed by atoms with van der Waals surface area (Å²) < 4.78 is 2.29. The molecule has 98 valence electrons. The van der Waals surface area contributed by atoms with E-state index < -0.39 is 0 Å². The molecule has 1 rings (SSSR count). The van der Waals surface area contributed by atoms with Crippen molar-refractivity contribution in [3.63, 3.8) is 0 Å². The standard InChI is InChI=1S/C13H24BrN3/c1-5-7-8-11(6-2)13-16-15-12(9-14)17(13)10(3)4/h10-11H,5-9H2,1-4H3. The minimum atomic E-state index is 0.434. The number of hydrogen-bond donors (Lipinski definition) is 0. The van der Waals surface area contributed by atoms with Crippen LogP contribution in [0.15, 0.2) is 0 Å². The molecule has 0 spiro atoms. The highest BCUT2D eigenvalue weighted by Gasteiger charge is 2.20. The molecule has 0 fully saturated rings. The molecule has 1 aromatic heterocycles. The number of halogens is 1. The van der Waals surface area contributed by atoms with E-state index in [4.69, 9.17) is 0 Å². The van der Waals surface area contributed by atoms with Crippen molar-refractivity contribution in [2.75, 3.05) is 0 Å². The summed E-state index contributed by atoms with van der Waals surface area (Å²) in [6.45, 7) is 8.88. The average Bonchev–Trinajstić information content (AvgIpc) is 2.74. The largest absolute Gasteiger partial charge is 0.311 e. The van der Waals surface area contributed by atoms with E-state index in [1.54, 1.807) is 0 Å². The van der Waals surface area contributed by atoms with Gasteiger partial charge in [0.25, 0.3) is 0 Å². The van der Waals surface area contributed by atoms with Crippen LogP contribution in [0.4, 0.5) is 0 Å². The summed E-state index contributed by atoms with van der Waals surface area (Å²) >= 11 is 3.49. The fourth-order valence-corrected chi connectivity index (χ4v) is 2.62. The molecule has 3 nitrogen and oxygen atoms in total. The summed E-state index contributed by atoms with van der Waals surface area (Å²) in [5.41, 5.74) is 0. The highest BCUT2D eigenvalue weighted by molar-refractivity contribution is 9.08. The Labute approximate surface area is 113 Å². The molecule has 0 saturated carbocycles. The zero-order chi connectivity index (χ0) is 12.8. The van der Waals surface area contributed by atoms with Gasteiger partial charge in [0.1, 0.15) is 11.6 Å². The first-order valence-corrected chi connectivity index (χ1v) is 7.77. The van der Waals surface area contributed by atoms with E-state index in [0.29, 0.717) is 12.0 Å². The third-order valence-electron chi connectivity index (χ3n) is 3.19. The Bertz CT molecular complexity index is 333. The first-order chi connectivity index (χ1) is 8.15. The molecule has 1 atom stereocenters. The first kappa shape index (κ1) is 14.7. The number of rotatable bonds is 7. The third kappa shape index (κ3) is 3.54. The van der Waals surface area contributed by atoms with Gasteiger partial charge in [0.2, 0.25) is 0 Å². The Balaban J connectivity index is 2.97. The van der Waals surface area contributed by atoms with E-state index in [1.807, 2.05) is 0 Å². The Morgan fingerprint density at radius 1 is 1.24 bits per heavy atom. The Morgan fingerprint density at radius 2 is 1.94 bits per heavy atom. The number of hydrogen-bond acceptors (Lipinski definition) is 2. The molecule has 0 aliphatic rings. The van der Waals surface area contributed by atoms with Crippen LogP contribution >= 0.6 is 15.9 Å². The topological polar surface area (TPSA) is 30.7 Å². The van der Waals surface area contributed by atoms with Crippen LogP contribution in [0.25, 0.3) is 0 Å². The fourth-order valence-electron chi connectivity index (χ4n) is 2.24. The van der Waals surface area contributed by atoms with Crippen LogP contribution < -0.4 is 0 Å². The second-order valence-electron chi connectivity index (χ2n) is 4.82. The fraction of sp³-hybridized carbons (Fsp3) is 0.846. The van der Waals surface area contributed by atoms with Crippen LogP contribution in [0.2, 0.25) is 0 Å². The minimum absolute atomic E-state index is 0.434. The van der Waals surface area contributed by atoms with E-state index in [2.05, 4.69) is 58.4 Å². The molecule has 1 aromatic rings. The van der Waals surface area contributed by atoms with Crippen molar-refractivity contribution in [1.29, 1.82) is 0 Å². The summed E-state index contributed by atoms with van der Waals surface area (Å²) in [5.74, 6) is 2.77. The summed E-state index contributed by atoms with van der Waals surface area (Å²) in [5, 5.41) is 9.49. The molecule has 4 heteroatoms. The summed E-state index contributed by atoms with van der Waals surface area (Å²) in [7, 11) is 0. The second-order valence-corrected chi connectivity index (χ2v) is 5.38. The molecular formula is C13H24BrN3. The maximum Gasteiger partial charge on any atom is 0.143 e. The highest BCUT2D eigenvalue weighted by Crippen LogP contribution is 2.27. The molecule has 0 bridgehead atoms. The van der Waals surface area contributed by atoms with Crippen LogP contribution in [0.5, 0.6) is 0 Å². The lowest BCUT2D eigenvalue weighted by molar-refractivity contribution is 0.478. The molecule has 0 saturated heterocycles. The van der Waals surface area contributed by atoms with E-state index in [-0.39, 0.29) is 0 Å². The smallest absolute Gasteiger partial charge is 0.143 e. The third-order valence-corrected chi connectivity index (χ3v) is 3.69. The Hall–Kier alpha value is -0.380. The van der Waals surface area contributed by atoms with Crippen molar-refractivity contribution in [1.82, 2.24) is 14.8 Å². The number of nitrogens with zero attached hydrogens (tertiary/aromatic N) is 3. The van der Waals surface area contributed by atoms with Crippen molar-refractivity contribution in [2.45, 2.75) is 70.7 Å². The lowest BCUT2D eigenvalue weighted by Gasteiger charge is -2.19. The van der Waals surface area contributed by atoms with Gasteiger partial charge < -0.3 is 4.57 Å². The summed E-state index contributed by atoms with van der Waals surface area (Å²) in [6, 6.07) is 0.434. The SMILES string of the molecule is CCCCC(CC)c1nnc(CBr)n1C(C)C. The van der Waals surface area contributed by atoms with Gasteiger partial charge in [0.15, 0.2) is 0 Å². The van der Waals surface area contributed by atoms with Gasteiger partial charge in [-0.1, -0.05) is 42.6 Å². The lowest BCUT2D eigenvalue weighted by atomic mass is 9.98. The molecule has 1 heterocycles. The Morgan fingerprint density at radius 3 is 2.41 bits per heavy atom. The average molecular weight is 302 g/mol. The van der Waals surface area contributed by atoms with Gasteiger partial charge in [-0.15, -0.1) is 10.2 Å². The van der Waals surface area contributed by atoms with Gasteiger partial charge in [-0.2, -0.15) is 0 Å². The minimum Gasteiger partial charge on any atom is -0.311 e. The summed E-state index contributed by atoms with van der Waals surface area (Å²) in [6.07, 6.45) is 4.89. The molecular weight excluding hydrogens is 278 g/mol. The van der Waals surface area contributed by atoms with Gasteiger partial charge in [-0.3, -0.25) is 0 Å². The zero-order valence-corrected chi connectivity index (χ0v) is 13.0. The molecule has 0 aromatic carbocycles. The van der Waals surface area contributed by atoms with Gasteiger partial charge in [-0.25, -0.2) is 0 Å². The molecule has 0 amide bonds. The van der Waals surface area contributed by atoms with E-state index in [9.17, 15) is 0 Å². The monoisotopic (exact) mass is 301 g/mol. The van der Waals surface area contributed by atoms with Gasteiger partial charge in [0.05, 0.1) is 5.33 Å². The maximum absolute atomic E-state index is 4.42. The normalized spacial score (nSPS) is 13.3. The maximum atomic E-state index is 4.42. The van der Waals surface area contributed by atoms with Crippen LogP contribution in [-0.4, -0.2) is 14.8 Å². The van der Waals surface area contributed by atoms with Crippen LogP contribution in [0.3, 0.4) is 0 Å². The van der Waals surface area contributed by atoms with Crippen molar-refractivity contribution in [2.24, 2.45) is 0 Å². The number of alkyl halides is 1. The highest BCUT2D eigenvalue weighted by atomic mass is 79.9. The predicted molar refractivity (Wildman–Crippen MR) is 75.6 cm³/mol. The van der Waals surface area contributed by atoms with Crippen LogP contribution in [0.1, 0.15) is 77.0 Å². The van der Waals surface area contributed by atoms with Gasteiger partial charge >= 0.3 is 0 Å². The molecule has 0 N–H and O–H groups in total. The molecule has 0 radical (unpaired) electrons. The van der Waals surface area contributed by atoms with Crippen molar-refractivity contribution in [3.05, 3.63) is 11.6 Å². The number of aromatic nitrogens is 3. The van der Waals surface area contributed by atoms with Crippen molar-refractivity contribution >= 4 is 15.9 Å². The van der Waals surface area contributed by atoms with Crippen LogP contribution in [0, 0.1) is 0 Å². The van der Waals surface area contributed by atoms with E-state index in [1.165, 1.54) is 25.1 Å². The molecule has 0 aliphatic carbocycles. The molecule has 0 aliphatic heterocycles. The van der Waals surface area contributed by atoms with E-state index in [0.717, 1.165) is 17.6 Å². The van der Waals surface area contributed by atoms with Crippen molar-refractivity contribution < 1.29 is 0 Å².